The summed E-state index contributed by atoms with van der Waals surface area (Å²) in [6.45, 7) is 83.1. The van der Waals surface area contributed by atoms with Gasteiger partial charge < -0.3 is 5.21 Å². The molecule has 4 heterocycles. The van der Waals surface area contributed by atoms with Crippen molar-refractivity contribution in [2.45, 2.75) is 310 Å². The molecule has 139 heavy (non-hydrogen) atoms. The second-order valence-electron chi connectivity index (χ2n) is 23.2. The monoisotopic (exact) mass is 1990 g/mol. The molecule has 4 aromatic heterocycles. The quantitative estimate of drug-likeness (QED) is 0.0313. The van der Waals surface area contributed by atoms with Gasteiger partial charge in [-0.25, -0.2) is 33.7 Å². The fraction of sp³-hybridized carbons (Fsp3) is 0.368. The Bertz CT molecular complexity index is 5560. The van der Waals surface area contributed by atoms with Crippen molar-refractivity contribution in [2.24, 2.45) is 0 Å². The van der Waals surface area contributed by atoms with E-state index in [1.807, 2.05) is 277 Å². The van der Waals surface area contributed by atoms with Gasteiger partial charge in [-0.05, 0) is 174 Å². The van der Waals surface area contributed by atoms with Crippen LogP contribution in [0.4, 0.5) is 22.7 Å². The lowest BCUT2D eigenvalue weighted by atomic mass is 9.98. The van der Waals surface area contributed by atoms with Gasteiger partial charge >= 0.3 is 0 Å². The van der Waals surface area contributed by atoms with Crippen molar-refractivity contribution in [3.63, 3.8) is 0 Å². The third kappa shape index (κ3) is 55.3. The zero-order valence-corrected chi connectivity index (χ0v) is 95.6. The standard InChI is InChI=1S/2C21H20N2O3S.C18H14N2O4S.C18H14N2O3S.18C2H6/c1-14-4-7-18(8-5-14)27(25,26)23-20-9-6-15(2)12-19(20)21(24)17-10-11-22-16(3)13-17;1-14-4-7-17(8-5-14)27(25,26)23-20-9-6-15(2)12-19(20)21(24)18-10-11-22-13-16(18)3;21-18(14-10-12-20(22)13-11-14)16-8-4-5-9-17(16)19-25(23,24)15-6-2-1-3-7-15;21-18(14-10-12-19-13-11-14)16-8-4-5-9-17(16)20-24(22,23)15-6-2-1-3-7-15;18*1-2/h2*4-13,23H,1-3H3;1-13,19H;1-13,20H;18*1-2H3. The first kappa shape index (κ1) is 147. The van der Waals surface area contributed by atoms with Crippen molar-refractivity contribution in [2.75, 3.05) is 18.9 Å². The maximum absolute atomic E-state index is 13.0. The Kier molecular flexibility index (Phi) is 97.6. The summed E-state index contributed by atoms with van der Waals surface area (Å²) in [5.41, 5.74) is 8.80. The summed E-state index contributed by atoms with van der Waals surface area (Å²) in [6.07, 6.45) is 10.2. The molecule has 0 aliphatic rings. The van der Waals surface area contributed by atoms with Crippen LogP contribution in [0.1, 0.15) is 346 Å². The number of para-hydroxylation sites is 2. The maximum atomic E-state index is 13.0. The zero-order chi connectivity index (χ0) is 110. The van der Waals surface area contributed by atoms with Crippen LogP contribution in [-0.4, -0.2) is 71.8 Å². The Hall–Kier alpha value is -12.2. The van der Waals surface area contributed by atoms with Gasteiger partial charge in [0, 0.05) is 93.3 Å². The van der Waals surface area contributed by atoms with Gasteiger partial charge in [-0.3, -0.25) is 53.0 Å². The number of hydrogen-bond acceptors (Lipinski definition) is 16. The summed E-state index contributed by atoms with van der Waals surface area (Å²) in [6, 6.07) is 62.9. The largest absolute Gasteiger partial charge is 0.619 e. The molecule has 0 fully saturated rings. The summed E-state index contributed by atoms with van der Waals surface area (Å²) in [7, 11) is -15.2. The number of benzene rings is 8. The highest BCUT2D eigenvalue weighted by molar-refractivity contribution is 7.93. The number of nitrogens with zero attached hydrogens (tertiary/aromatic N) is 4. The molecule has 0 aliphatic heterocycles. The van der Waals surface area contributed by atoms with Crippen LogP contribution < -0.4 is 23.6 Å². The number of aromatic nitrogens is 4. The third-order valence-corrected chi connectivity index (χ3v) is 20.9. The van der Waals surface area contributed by atoms with Crippen molar-refractivity contribution in [3.05, 3.63) is 363 Å². The molecule has 774 valence electrons. The van der Waals surface area contributed by atoms with Gasteiger partial charge in [0.15, 0.2) is 35.5 Å². The molecular weight excluding hydrogens is 1820 g/mol. The Morgan fingerprint density at radius 3 is 0.820 bits per heavy atom. The van der Waals surface area contributed by atoms with E-state index in [2.05, 4.69) is 33.8 Å². The van der Waals surface area contributed by atoms with E-state index >= 15 is 0 Å². The van der Waals surface area contributed by atoms with Crippen molar-refractivity contribution in [1.82, 2.24) is 15.0 Å². The molecule has 0 atom stereocenters. The SMILES string of the molecule is CC.CC.CC.CC.CC.CC.CC.CC.CC.CC.CC.CC.CC.CC.CC.CC.CC.CC.Cc1ccc(S(=O)(=O)Nc2ccc(C)cc2C(=O)c2ccnc(C)c2)cc1.Cc1ccc(S(=O)(=O)Nc2ccc(C)cc2C(=O)c2ccncc2C)cc1.O=C(c1cc[n+]([O-])cc1)c1ccccc1NS(=O)(=O)c1ccccc1.O=C(c1ccncc1)c1ccccc1NS(=O)(=O)c1ccccc1. The van der Waals surface area contributed by atoms with Gasteiger partial charge in [0.2, 0.25) is 0 Å². The number of sulfonamides is 4. The first-order valence-electron chi connectivity index (χ1n) is 49.4. The van der Waals surface area contributed by atoms with Gasteiger partial charge in [0.1, 0.15) is 0 Å². The lowest BCUT2D eigenvalue weighted by molar-refractivity contribution is -0.605. The Balaban J connectivity index is -0.000000179. The third-order valence-electron chi connectivity index (χ3n) is 15.4. The van der Waals surface area contributed by atoms with Crippen LogP contribution in [0.2, 0.25) is 0 Å². The highest BCUT2D eigenvalue weighted by atomic mass is 32.2. The summed E-state index contributed by atoms with van der Waals surface area (Å²) in [5.74, 6) is -1.17. The highest BCUT2D eigenvalue weighted by Gasteiger charge is 2.25. The summed E-state index contributed by atoms with van der Waals surface area (Å²) < 4.78 is 112. The number of anilines is 4. The van der Waals surface area contributed by atoms with E-state index in [-0.39, 0.29) is 76.6 Å². The predicted octanol–water partition coefficient (Wildman–Crippen LogP) is 32.0. The molecule has 12 aromatic rings. The van der Waals surface area contributed by atoms with E-state index in [1.54, 1.807) is 220 Å². The molecule has 25 heteroatoms. The number of carbonyl (C=O) groups is 4. The summed E-state index contributed by atoms with van der Waals surface area (Å²) >= 11 is 0. The number of aryl methyl sites for hydroxylation is 6. The number of pyridine rings is 4. The summed E-state index contributed by atoms with van der Waals surface area (Å²) in [5, 5.41) is 11.1. The molecule has 0 saturated heterocycles. The number of rotatable bonds is 20. The highest BCUT2D eigenvalue weighted by Crippen LogP contribution is 2.29. The lowest BCUT2D eigenvalue weighted by Gasteiger charge is -2.14. The fourth-order valence-corrected chi connectivity index (χ4v) is 14.3. The topological polar surface area (TPSA) is 319 Å². The van der Waals surface area contributed by atoms with E-state index in [4.69, 9.17) is 0 Å². The minimum absolute atomic E-state index is 0.101. The van der Waals surface area contributed by atoms with E-state index in [0.29, 0.717) is 38.1 Å². The van der Waals surface area contributed by atoms with Crippen molar-refractivity contribution in [3.8, 4) is 0 Å². The molecule has 4 N–H and O–H groups in total. The zero-order valence-electron chi connectivity index (χ0n) is 92.3. The predicted molar refractivity (Wildman–Crippen MR) is 599 cm³/mol. The average molecular weight is 1990 g/mol. The maximum Gasteiger partial charge on any atom is 0.261 e. The molecule has 0 radical (unpaired) electrons. The molecule has 0 saturated carbocycles. The number of hydrogen-bond donors (Lipinski definition) is 4. The van der Waals surface area contributed by atoms with Crippen LogP contribution in [0.25, 0.3) is 0 Å². The first-order valence-corrected chi connectivity index (χ1v) is 55.4. The van der Waals surface area contributed by atoms with Gasteiger partial charge in [0.05, 0.1) is 42.3 Å². The van der Waals surface area contributed by atoms with Crippen LogP contribution in [0.15, 0.2) is 300 Å². The van der Waals surface area contributed by atoms with Gasteiger partial charge in [-0.1, -0.05) is 369 Å². The minimum Gasteiger partial charge on any atom is -0.619 e. The normalized spacial score (nSPS) is 9.02. The van der Waals surface area contributed by atoms with E-state index in [1.165, 1.54) is 73.3 Å². The Morgan fingerprint density at radius 2 is 0.504 bits per heavy atom. The number of ketones is 4. The van der Waals surface area contributed by atoms with E-state index in [0.717, 1.165) is 33.5 Å². The van der Waals surface area contributed by atoms with Crippen LogP contribution in [0.5, 0.6) is 0 Å². The average Bonchev–Trinajstić information content (AvgIpc) is 0.796. The number of nitrogens with one attached hydrogen (secondary N) is 4. The Morgan fingerprint density at radius 1 is 0.245 bits per heavy atom. The molecule has 0 bridgehead atoms. The molecule has 0 aliphatic carbocycles. The van der Waals surface area contributed by atoms with Crippen molar-refractivity contribution < 1.29 is 57.6 Å². The molecule has 12 rings (SSSR count). The minimum atomic E-state index is -3.81. The fourth-order valence-electron chi connectivity index (χ4n) is 9.95. The Labute approximate surface area is 845 Å². The molecule has 8 aromatic carbocycles. The van der Waals surface area contributed by atoms with Crippen molar-refractivity contribution in [1.29, 1.82) is 0 Å². The molecule has 0 spiro atoms. The second-order valence-corrected chi connectivity index (χ2v) is 30.0. The van der Waals surface area contributed by atoms with Crippen LogP contribution >= 0.6 is 0 Å². The van der Waals surface area contributed by atoms with Gasteiger partial charge in [-0.15, -0.1) is 0 Å². The smallest absolute Gasteiger partial charge is 0.261 e. The van der Waals surface area contributed by atoms with Crippen LogP contribution in [0, 0.1) is 46.7 Å². The van der Waals surface area contributed by atoms with Crippen LogP contribution in [0.3, 0.4) is 0 Å². The number of carbonyl (C=O) groups excluding carboxylic acids is 4. The molecule has 0 amide bonds. The van der Waals surface area contributed by atoms with E-state index < -0.39 is 40.1 Å². The van der Waals surface area contributed by atoms with E-state index in [9.17, 15) is 58.1 Å². The molecule has 0 unspecified atom stereocenters. The second kappa shape index (κ2) is 92.2. The molecule has 21 nitrogen and oxygen atoms in total. The molecular formula is C114H176N8O13S4. The van der Waals surface area contributed by atoms with Crippen molar-refractivity contribution >= 4 is 86.0 Å². The lowest BCUT2D eigenvalue weighted by Crippen LogP contribution is -2.24. The van der Waals surface area contributed by atoms with Gasteiger partial charge in [-0.2, -0.15) is 4.73 Å². The van der Waals surface area contributed by atoms with Gasteiger partial charge in [0.25, 0.3) is 40.1 Å². The first-order chi connectivity index (χ1) is 67.1. The summed E-state index contributed by atoms with van der Waals surface area (Å²) in [4.78, 5) is 63.8. The van der Waals surface area contributed by atoms with Crippen LogP contribution in [-0.2, 0) is 40.1 Å².